The molecule has 1 atom stereocenters. The summed E-state index contributed by atoms with van der Waals surface area (Å²) in [6.07, 6.45) is 2.03. The summed E-state index contributed by atoms with van der Waals surface area (Å²) in [5.41, 5.74) is 2.76. The number of nitrogens with zero attached hydrogens (tertiary/aromatic N) is 4. The molecular formula is C23H27N5OS. The molecule has 2 aromatic heterocycles. The number of amides is 1. The van der Waals surface area contributed by atoms with Gasteiger partial charge in [-0.25, -0.2) is 4.98 Å². The number of benzene rings is 1. The van der Waals surface area contributed by atoms with Crippen molar-refractivity contribution in [3.05, 3.63) is 71.4 Å². The first-order valence-electron chi connectivity index (χ1n) is 10.3. The van der Waals surface area contributed by atoms with Gasteiger partial charge in [0.05, 0.1) is 23.9 Å². The number of rotatable bonds is 7. The van der Waals surface area contributed by atoms with E-state index in [4.69, 9.17) is 0 Å². The average molecular weight is 422 g/mol. The van der Waals surface area contributed by atoms with Crippen LogP contribution < -0.4 is 5.32 Å². The third-order valence-corrected chi connectivity index (χ3v) is 6.26. The SMILES string of the molecule is CN1CCN(CC(NC(=O)Cc2csc(-c3ccccn3)n2)c2ccccc2)CC1. The zero-order valence-corrected chi connectivity index (χ0v) is 18.0. The quantitative estimate of drug-likeness (QED) is 0.636. The van der Waals surface area contributed by atoms with E-state index in [9.17, 15) is 4.79 Å². The maximum Gasteiger partial charge on any atom is 0.226 e. The number of carbonyl (C=O) groups is 1. The first kappa shape index (κ1) is 20.7. The van der Waals surface area contributed by atoms with E-state index in [1.165, 1.54) is 11.3 Å². The number of piperazine rings is 1. The summed E-state index contributed by atoms with van der Waals surface area (Å²) < 4.78 is 0. The van der Waals surface area contributed by atoms with E-state index in [1.807, 2.05) is 41.8 Å². The smallest absolute Gasteiger partial charge is 0.226 e. The largest absolute Gasteiger partial charge is 0.348 e. The van der Waals surface area contributed by atoms with Gasteiger partial charge in [-0.1, -0.05) is 36.4 Å². The molecule has 1 fully saturated rings. The van der Waals surface area contributed by atoms with E-state index in [0.29, 0.717) is 0 Å². The molecule has 156 valence electrons. The molecule has 0 spiro atoms. The molecule has 1 unspecified atom stereocenters. The second-order valence-electron chi connectivity index (χ2n) is 7.67. The summed E-state index contributed by atoms with van der Waals surface area (Å²) in [6, 6.07) is 16.0. The van der Waals surface area contributed by atoms with Crippen LogP contribution >= 0.6 is 11.3 Å². The Bertz CT molecular complexity index is 938. The number of aromatic nitrogens is 2. The Morgan fingerprint density at radius 2 is 1.87 bits per heavy atom. The van der Waals surface area contributed by atoms with Crippen LogP contribution in [0.5, 0.6) is 0 Å². The number of likely N-dealkylation sites (N-methyl/N-ethyl adjacent to an activating group) is 1. The van der Waals surface area contributed by atoms with Crippen molar-refractivity contribution < 1.29 is 4.79 Å². The summed E-state index contributed by atoms with van der Waals surface area (Å²) in [7, 11) is 2.15. The standard InChI is InChI=1S/C23H27N5OS/c1-27-11-13-28(14-12-27)16-21(18-7-3-2-4-8-18)26-22(29)15-19-17-30-23(25-19)20-9-5-6-10-24-20/h2-10,17,21H,11-16H2,1H3,(H,26,29). The van der Waals surface area contributed by atoms with Crippen molar-refractivity contribution in [3.8, 4) is 10.7 Å². The zero-order valence-electron chi connectivity index (χ0n) is 17.2. The molecule has 1 aromatic carbocycles. The molecule has 3 aromatic rings. The molecule has 1 amide bonds. The molecule has 1 aliphatic heterocycles. The highest BCUT2D eigenvalue weighted by Crippen LogP contribution is 2.22. The van der Waals surface area contributed by atoms with Crippen molar-refractivity contribution in [2.24, 2.45) is 0 Å². The van der Waals surface area contributed by atoms with Gasteiger partial charge in [0.25, 0.3) is 0 Å². The van der Waals surface area contributed by atoms with Crippen molar-refractivity contribution in [1.29, 1.82) is 0 Å². The van der Waals surface area contributed by atoms with Crippen LogP contribution in [0.25, 0.3) is 10.7 Å². The summed E-state index contributed by atoms with van der Waals surface area (Å²) in [4.78, 5) is 26.6. The van der Waals surface area contributed by atoms with E-state index in [1.54, 1.807) is 6.20 Å². The van der Waals surface area contributed by atoms with Gasteiger partial charge in [-0.3, -0.25) is 14.7 Å². The molecule has 1 saturated heterocycles. The number of nitrogens with one attached hydrogen (secondary N) is 1. The maximum absolute atomic E-state index is 12.8. The lowest BCUT2D eigenvalue weighted by atomic mass is 10.1. The van der Waals surface area contributed by atoms with Crippen molar-refractivity contribution in [2.75, 3.05) is 39.8 Å². The maximum atomic E-state index is 12.8. The van der Waals surface area contributed by atoms with Crippen LogP contribution in [0.15, 0.2) is 60.1 Å². The molecule has 0 bridgehead atoms. The lowest BCUT2D eigenvalue weighted by Gasteiger charge is -2.35. The monoisotopic (exact) mass is 421 g/mol. The van der Waals surface area contributed by atoms with Crippen molar-refractivity contribution in [3.63, 3.8) is 0 Å². The highest BCUT2D eigenvalue weighted by Gasteiger charge is 2.21. The van der Waals surface area contributed by atoms with Crippen molar-refractivity contribution in [2.45, 2.75) is 12.5 Å². The Kier molecular flexibility index (Phi) is 6.84. The summed E-state index contributed by atoms with van der Waals surface area (Å²) in [5.74, 6) is -0.00384. The van der Waals surface area contributed by atoms with Crippen LogP contribution in [0.4, 0.5) is 0 Å². The van der Waals surface area contributed by atoms with Crippen molar-refractivity contribution >= 4 is 17.2 Å². The van der Waals surface area contributed by atoms with Crippen LogP contribution in [-0.2, 0) is 11.2 Å². The number of carbonyl (C=O) groups excluding carboxylic acids is 1. The molecule has 7 heteroatoms. The normalized spacial score (nSPS) is 16.3. The van der Waals surface area contributed by atoms with Gasteiger partial charge < -0.3 is 10.2 Å². The van der Waals surface area contributed by atoms with Gasteiger partial charge in [0.15, 0.2) is 0 Å². The molecule has 3 heterocycles. The number of thiazole rings is 1. The number of pyridine rings is 1. The van der Waals surface area contributed by atoms with Crippen LogP contribution in [-0.4, -0.2) is 65.4 Å². The molecule has 6 nitrogen and oxygen atoms in total. The second kappa shape index (κ2) is 9.93. The highest BCUT2D eigenvalue weighted by atomic mass is 32.1. The Morgan fingerprint density at radius 3 is 2.60 bits per heavy atom. The van der Waals surface area contributed by atoms with Gasteiger partial charge >= 0.3 is 0 Å². The van der Waals surface area contributed by atoms with E-state index >= 15 is 0 Å². The Hall–Kier alpha value is -2.61. The van der Waals surface area contributed by atoms with E-state index in [-0.39, 0.29) is 18.4 Å². The fraction of sp³-hybridized carbons (Fsp3) is 0.348. The first-order chi connectivity index (χ1) is 14.7. The molecule has 1 aliphatic rings. The third-order valence-electron chi connectivity index (χ3n) is 5.35. The first-order valence-corrected chi connectivity index (χ1v) is 11.2. The Balaban J connectivity index is 1.41. The Labute approximate surface area is 181 Å². The van der Waals surface area contributed by atoms with Crippen molar-refractivity contribution in [1.82, 2.24) is 25.1 Å². The van der Waals surface area contributed by atoms with Gasteiger partial charge in [-0.15, -0.1) is 11.3 Å². The lowest BCUT2D eigenvalue weighted by molar-refractivity contribution is -0.121. The van der Waals surface area contributed by atoms with Crippen LogP contribution in [0.2, 0.25) is 0 Å². The molecule has 30 heavy (non-hydrogen) atoms. The average Bonchev–Trinajstić information content (AvgIpc) is 3.24. The van der Waals surface area contributed by atoms with Gasteiger partial charge in [-0.05, 0) is 24.7 Å². The van der Waals surface area contributed by atoms with Gasteiger partial charge in [0.2, 0.25) is 5.91 Å². The molecule has 0 saturated carbocycles. The molecule has 0 aliphatic carbocycles. The van der Waals surface area contributed by atoms with Gasteiger partial charge in [-0.2, -0.15) is 0 Å². The minimum absolute atomic E-state index is 0.00384. The van der Waals surface area contributed by atoms with Crippen LogP contribution in [0.1, 0.15) is 17.3 Å². The minimum Gasteiger partial charge on any atom is -0.348 e. The topological polar surface area (TPSA) is 61.4 Å². The minimum atomic E-state index is -0.0315. The summed E-state index contributed by atoms with van der Waals surface area (Å²) in [6.45, 7) is 4.99. The zero-order chi connectivity index (χ0) is 20.8. The molecule has 4 rings (SSSR count). The van der Waals surface area contributed by atoms with Crippen LogP contribution in [0, 0.1) is 0 Å². The van der Waals surface area contributed by atoms with E-state index < -0.39 is 0 Å². The highest BCUT2D eigenvalue weighted by molar-refractivity contribution is 7.13. The number of hydrogen-bond acceptors (Lipinski definition) is 6. The summed E-state index contributed by atoms with van der Waals surface area (Å²) >= 11 is 1.52. The second-order valence-corrected chi connectivity index (χ2v) is 8.53. The third kappa shape index (κ3) is 5.50. The van der Waals surface area contributed by atoms with E-state index in [2.05, 4.69) is 44.3 Å². The lowest BCUT2D eigenvalue weighted by Crippen LogP contribution is -2.48. The predicted octanol–water partition coefficient (Wildman–Crippen LogP) is 2.85. The van der Waals surface area contributed by atoms with Gasteiger partial charge in [0, 0.05) is 44.3 Å². The predicted molar refractivity (Wildman–Crippen MR) is 120 cm³/mol. The van der Waals surface area contributed by atoms with Crippen LogP contribution in [0.3, 0.4) is 0 Å². The fourth-order valence-corrected chi connectivity index (χ4v) is 4.41. The molecular weight excluding hydrogens is 394 g/mol. The Morgan fingerprint density at radius 1 is 1.10 bits per heavy atom. The molecule has 1 N–H and O–H groups in total. The summed E-state index contributed by atoms with van der Waals surface area (Å²) in [5, 5.41) is 6.03. The molecule has 0 radical (unpaired) electrons. The fourth-order valence-electron chi connectivity index (χ4n) is 3.61. The number of hydrogen-bond donors (Lipinski definition) is 1. The van der Waals surface area contributed by atoms with Gasteiger partial charge in [0.1, 0.15) is 5.01 Å². The van der Waals surface area contributed by atoms with E-state index in [0.717, 1.165) is 54.7 Å².